The number of piperazine rings is 1. The molecule has 2 aromatic carbocycles. The van der Waals surface area contributed by atoms with E-state index < -0.39 is 0 Å². The SMILES string of the molecule is Cl.N#Cc1c(N2CCOCC2)nc(N2CCNCC2)c2c1C(c1cccc3cccc(Cl)c13)NCC2. The highest BCUT2D eigenvalue weighted by atomic mass is 35.5. The smallest absolute Gasteiger partial charge is 0.149 e. The Hall–Kier alpha value is -2.60. The molecule has 9 heteroatoms. The molecule has 3 aromatic rings. The summed E-state index contributed by atoms with van der Waals surface area (Å²) in [5, 5.41) is 20.6. The van der Waals surface area contributed by atoms with Crippen LogP contribution in [0.5, 0.6) is 0 Å². The molecular weight excluding hydrogens is 495 g/mol. The van der Waals surface area contributed by atoms with Gasteiger partial charge in [0.25, 0.3) is 0 Å². The first kappa shape index (κ1) is 25.1. The molecule has 2 fully saturated rings. The zero-order valence-corrected chi connectivity index (χ0v) is 21.7. The van der Waals surface area contributed by atoms with Crippen molar-refractivity contribution in [3.63, 3.8) is 0 Å². The van der Waals surface area contributed by atoms with Gasteiger partial charge in [0, 0.05) is 67.3 Å². The van der Waals surface area contributed by atoms with E-state index in [4.69, 9.17) is 21.3 Å². The molecule has 0 saturated carbocycles. The van der Waals surface area contributed by atoms with Crippen LogP contribution in [0, 0.1) is 11.3 Å². The van der Waals surface area contributed by atoms with Crippen molar-refractivity contribution in [2.45, 2.75) is 12.5 Å². The number of nitrogens with one attached hydrogen (secondary N) is 2. The highest BCUT2D eigenvalue weighted by Gasteiger charge is 2.34. The fraction of sp³-hybridized carbons (Fsp3) is 0.407. The average Bonchev–Trinajstić information content (AvgIpc) is 2.92. The standard InChI is InChI=1S/C27H29ClN6O.ClH/c28-22-6-2-4-18-3-1-5-19(23(18)22)25-24-20(7-8-31-25)26(33-11-9-30-10-12-33)32-27(21(24)17-29)34-13-15-35-16-14-34;/h1-6,25,30-31H,7-16H2;1H. The van der Waals surface area contributed by atoms with E-state index >= 15 is 0 Å². The quantitative estimate of drug-likeness (QED) is 0.541. The predicted octanol–water partition coefficient (Wildman–Crippen LogP) is 3.66. The van der Waals surface area contributed by atoms with Crippen LogP contribution < -0.4 is 20.4 Å². The van der Waals surface area contributed by atoms with E-state index in [1.165, 1.54) is 5.56 Å². The third-order valence-electron chi connectivity index (χ3n) is 7.35. The van der Waals surface area contributed by atoms with E-state index in [2.05, 4.69) is 50.8 Å². The number of pyridine rings is 1. The molecule has 1 aromatic heterocycles. The molecule has 2 saturated heterocycles. The van der Waals surface area contributed by atoms with E-state index in [1.54, 1.807) is 0 Å². The lowest BCUT2D eigenvalue weighted by Crippen LogP contribution is -2.46. The first-order valence-electron chi connectivity index (χ1n) is 12.4. The lowest BCUT2D eigenvalue weighted by Gasteiger charge is -2.38. The summed E-state index contributed by atoms with van der Waals surface area (Å²) in [6, 6.07) is 14.8. The maximum atomic E-state index is 10.5. The first-order valence-corrected chi connectivity index (χ1v) is 12.8. The Labute approximate surface area is 222 Å². The second kappa shape index (κ2) is 10.8. The molecule has 1 unspecified atom stereocenters. The van der Waals surface area contributed by atoms with Gasteiger partial charge in [-0.3, -0.25) is 0 Å². The van der Waals surface area contributed by atoms with Crippen LogP contribution >= 0.6 is 24.0 Å². The monoisotopic (exact) mass is 524 g/mol. The van der Waals surface area contributed by atoms with Crippen LogP contribution in [0.2, 0.25) is 5.02 Å². The summed E-state index contributed by atoms with van der Waals surface area (Å²) in [6.45, 7) is 7.27. The van der Waals surface area contributed by atoms with Crippen molar-refractivity contribution in [2.24, 2.45) is 0 Å². The van der Waals surface area contributed by atoms with Gasteiger partial charge in [0.2, 0.25) is 0 Å². The maximum absolute atomic E-state index is 10.5. The summed E-state index contributed by atoms with van der Waals surface area (Å²) in [4.78, 5) is 9.81. The molecule has 0 spiro atoms. The number of rotatable bonds is 3. The van der Waals surface area contributed by atoms with Gasteiger partial charge in [-0.2, -0.15) is 5.26 Å². The number of halogens is 2. The molecule has 4 heterocycles. The second-order valence-electron chi connectivity index (χ2n) is 9.30. The molecule has 1 atom stereocenters. The van der Waals surface area contributed by atoms with E-state index in [0.717, 1.165) is 90.8 Å². The molecule has 0 radical (unpaired) electrons. The number of hydrogen-bond donors (Lipinski definition) is 2. The summed E-state index contributed by atoms with van der Waals surface area (Å²) in [6.07, 6.45) is 0.842. The molecule has 36 heavy (non-hydrogen) atoms. The molecular formula is C27H30Cl2N6O. The van der Waals surface area contributed by atoms with Gasteiger partial charge in [-0.1, -0.05) is 41.9 Å². The second-order valence-corrected chi connectivity index (χ2v) is 9.70. The lowest BCUT2D eigenvalue weighted by molar-refractivity contribution is 0.122. The zero-order valence-electron chi connectivity index (χ0n) is 20.1. The van der Waals surface area contributed by atoms with Crippen molar-refractivity contribution in [1.82, 2.24) is 15.6 Å². The van der Waals surface area contributed by atoms with Crippen LogP contribution in [0.25, 0.3) is 10.8 Å². The topological polar surface area (TPSA) is 76.5 Å². The molecule has 0 aliphatic carbocycles. The highest BCUT2D eigenvalue weighted by molar-refractivity contribution is 6.35. The Morgan fingerprint density at radius 1 is 0.972 bits per heavy atom. The molecule has 0 bridgehead atoms. The van der Waals surface area contributed by atoms with Crippen molar-refractivity contribution < 1.29 is 4.74 Å². The molecule has 188 valence electrons. The normalized spacial score (nSPS) is 19.9. The number of nitrogens with zero attached hydrogens (tertiary/aromatic N) is 4. The molecule has 7 nitrogen and oxygen atoms in total. The van der Waals surface area contributed by atoms with Crippen LogP contribution in [0.15, 0.2) is 36.4 Å². The van der Waals surface area contributed by atoms with E-state index in [0.29, 0.717) is 18.8 Å². The summed E-state index contributed by atoms with van der Waals surface area (Å²) < 4.78 is 5.61. The van der Waals surface area contributed by atoms with E-state index in [-0.39, 0.29) is 18.4 Å². The number of anilines is 2. The van der Waals surface area contributed by atoms with E-state index in [9.17, 15) is 5.26 Å². The average molecular weight is 525 g/mol. The molecule has 0 amide bonds. The van der Waals surface area contributed by atoms with Crippen molar-refractivity contribution in [1.29, 1.82) is 5.26 Å². The van der Waals surface area contributed by atoms with Gasteiger partial charge in [-0.25, -0.2) is 4.98 Å². The van der Waals surface area contributed by atoms with Crippen LogP contribution in [0.4, 0.5) is 11.6 Å². The van der Waals surface area contributed by atoms with Gasteiger partial charge in [0.1, 0.15) is 23.3 Å². The first-order chi connectivity index (χ1) is 17.3. The highest BCUT2D eigenvalue weighted by Crippen LogP contribution is 2.42. The number of benzene rings is 2. The van der Waals surface area contributed by atoms with Gasteiger partial charge >= 0.3 is 0 Å². The van der Waals surface area contributed by atoms with Gasteiger partial charge in [-0.05, 0) is 23.4 Å². The number of aromatic nitrogens is 1. The number of ether oxygens (including phenoxy) is 1. The summed E-state index contributed by atoms with van der Waals surface area (Å²) >= 11 is 6.75. The van der Waals surface area contributed by atoms with Gasteiger partial charge in [0.15, 0.2) is 0 Å². The third kappa shape index (κ3) is 4.38. The number of nitriles is 1. The van der Waals surface area contributed by atoms with Crippen molar-refractivity contribution >= 4 is 46.4 Å². The summed E-state index contributed by atoms with van der Waals surface area (Å²) in [5.41, 5.74) is 4.02. The molecule has 3 aliphatic heterocycles. The Balaban J connectivity index is 0.00000267. The fourth-order valence-corrected chi connectivity index (χ4v) is 6.00. The third-order valence-corrected chi connectivity index (χ3v) is 7.66. The minimum absolute atomic E-state index is 0. The Morgan fingerprint density at radius 3 is 2.44 bits per heavy atom. The van der Waals surface area contributed by atoms with Gasteiger partial charge in [-0.15, -0.1) is 12.4 Å². The minimum atomic E-state index is -0.138. The zero-order chi connectivity index (χ0) is 23.8. The number of fused-ring (bicyclic) bond motifs is 2. The Morgan fingerprint density at radius 2 is 1.69 bits per heavy atom. The predicted molar refractivity (Wildman–Crippen MR) is 147 cm³/mol. The van der Waals surface area contributed by atoms with Crippen LogP contribution in [-0.2, 0) is 11.2 Å². The van der Waals surface area contributed by atoms with Crippen molar-refractivity contribution in [2.75, 3.05) is 68.8 Å². The lowest BCUT2D eigenvalue weighted by atomic mass is 9.84. The van der Waals surface area contributed by atoms with Crippen molar-refractivity contribution in [3.8, 4) is 6.07 Å². The van der Waals surface area contributed by atoms with Crippen molar-refractivity contribution in [3.05, 3.63) is 63.7 Å². The molecule has 2 N–H and O–H groups in total. The summed E-state index contributed by atoms with van der Waals surface area (Å²) in [5.74, 6) is 1.81. The van der Waals surface area contributed by atoms with Crippen LogP contribution in [0.3, 0.4) is 0 Å². The molecule has 6 rings (SSSR count). The largest absolute Gasteiger partial charge is 0.378 e. The fourth-order valence-electron chi connectivity index (χ4n) is 5.71. The Bertz CT molecular complexity index is 1290. The molecule has 3 aliphatic rings. The van der Waals surface area contributed by atoms with Crippen LogP contribution in [0.1, 0.15) is 28.3 Å². The van der Waals surface area contributed by atoms with Gasteiger partial charge < -0.3 is 25.2 Å². The Kier molecular flexibility index (Phi) is 7.52. The summed E-state index contributed by atoms with van der Waals surface area (Å²) in [7, 11) is 0. The van der Waals surface area contributed by atoms with Crippen LogP contribution in [-0.4, -0.2) is 64.0 Å². The number of morpholine rings is 1. The maximum Gasteiger partial charge on any atom is 0.149 e. The van der Waals surface area contributed by atoms with Gasteiger partial charge in [0.05, 0.1) is 19.3 Å². The van der Waals surface area contributed by atoms with E-state index in [1.807, 2.05) is 12.1 Å². The number of hydrogen-bond acceptors (Lipinski definition) is 7. The minimum Gasteiger partial charge on any atom is -0.378 e.